The lowest BCUT2D eigenvalue weighted by molar-refractivity contribution is 0.454. The molecule has 6 heteroatoms. The molecule has 1 heterocycles. The Hall–Kier alpha value is -2.21. The van der Waals surface area contributed by atoms with Gasteiger partial charge in [0.1, 0.15) is 5.01 Å². The van der Waals surface area contributed by atoms with E-state index in [2.05, 4.69) is 4.98 Å². The maximum Gasteiger partial charge on any atom is 0.280 e. The third kappa shape index (κ3) is 1.98. The zero-order valence-electron chi connectivity index (χ0n) is 9.86. The minimum absolute atomic E-state index is 0.234. The van der Waals surface area contributed by atoms with E-state index in [1.165, 1.54) is 0 Å². The van der Waals surface area contributed by atoms with Crippen molar-refractivity contribution < 1.29 is 13.2 Å². The molecule has 0 aliphatic carbocycles. The van der Waals surface area contributed by atoms with Crippen molar-refractivity contribution in [1.29, 1.82) is 0 Å². The van der Waals surface area contributed by atoms with Crippen LogP contribution in [0.25, 0.3) is 20.7 Å². The predicted molar refractivity (Wildman–Crippen MR) is 71.2 cm³/mol. The fourth-order valence-corrected chi connectivity index (χ4v) is 2.82. The number of rotatable bonds is 1. The van der Waals surface area contributed by atoms with Gasteiger partial charge in [-0.25, -0.2) is 13.2 Å². The summed E-state index contributed by atoms with van der Waals surface area (Å²) in [7, 11) is 0. The number of halogens is 3. The molecule has 3 aromatic rings. The van der Waals surface area contributed by atoms with Crippen molar-refractivity contribution in [2.75, 3.05) is 0 Å². The molecule has 1 aromatic heterocycles. The zero-order valence-corrected chi connectivity index (χ0v) is 10.7. The molecule has 0 bridgehead atoms. The standard InChI is InChI=1S/C14H6F3NOS/c15-9-6-8-12(11(17)10(9)16)20-14(18-13(8)19)7-4-2-1-3-5-7/h1-6H. The smallest absolute Gasteiger partial charge is 0.267 e. The number of aromatic nitrogens is 1. The summed E-state index contributed by atoms with van der Waals surface area (Å²) in [5, 5.41) is -0.000843. The van der Waals surface area contributed by atoms with E-state index < -0.39 is 23.0 Å². The summed E-state index contributed by atoms with van der Waals surface area (Å²) in [4.78, 5) is 15.6. The van der Waals surface area contributed by atoms with Gasteiger partial charge in [0.2, 0.25) is 0 Å². The third-order valence-corrected chi connectivity index (χ3v) is 3.89. The Morgan fingerprint density at radius 3 is 2.40 bits per heavy atom. The van der Waals surface area contributed by atoms with Gasteiger partial charge in [-0.05, 0) is 6.07 Å². The predicted octanol–water partition coefficient (Wildman–Crippen LogP) is 3.74. The maximum absolute atomic E-state index is 13.8. The lowest BCUT2D eigenvalue weighted by Gasteiger charge is -2.03. The van der Waals surface area contributed by atoms with Gasteiger partial charge in [-0.3, -0.25) is 4.79 Å². The fraction of sp³-hybridized carbons (Fsp3) is 0. The van der Waals surface area contributed by atoms with E-state index in [4.69, 9.17) is 0 Å². The van der Waals surface area contributed by atoms with Crippen molar-refractivity contribution in [3.8, 4) is 10.6 Å². The first kappa shape index (κ1) is 12.8. The van der Waals surface area contributed by atoms with Crippen molar-refractivity contribution in [3.05, 3.63) is 64.2 Å². The van der Waals surface area contributed by atoms with E-state index in [-0.39, 0.29) is 15.1 Å². The molecule has 20 heavy (non-hydrogen) atoms. The van der Waals surface area contributed by atoms with Gasteiger partial charge >= 0.3 is 0 Å². The molecule has 0 N–H and O–H groups in total. The van der Waals surface area contributed by atoms with E-state index in [1.807, 2.05) is 0 Å². The van der Waals surface area contributed by atoms with Crippen LogP contribution in [0, 0.1) is 17.5 Å². The third-order valence-electron chi connectivity index (χ3n) is 2.77. The minimum Gasteiger partial charge on any atom is -0.267 e. The maximum atomic E-state index is 13.8. The SMILES string of the molecule is O=c1nc(-c2ccccc2)sc2c(F)c(F)c(F)cc12. The van der Waals surface area contributed by atoms with Crippen molar-refractivity contribution in [1.82, 2.24) is 4.98 Å². The van der Waals surface area contributed by atoms with E-state index >= 15 is 0 Å². The van der Waals surface area contributed by atoms with Crippen LogP contribution in [-0.2, 0) is 0 Å². The second kappa shape index (κ2) is 4.72. The minimum atomic E-state index is -1.58. The molecular formula is C14H6F3NOS. The highest BCUT2D eigenvalue weighted by molar-refractivity contribution is 7.21. The normalized spacial score (nSPS) is 10.9. The highest BCUT2D eigenvalue weighted by atomic mass is 32.1. The molecule has 0 saturated carbocycles. The Balaban J connectivity index is 2.38. The van der Waals surface area contributed by atoms with Crippen molar-refractivity contribution in [2.24, 2.45) is 0 Å². The quantitative estimate of drug-likeness (QED) is 0.640. The highest BCUT2D eigenvalue weighted by Gasteiger charge is 2.17. The van der Waals surface area contributed by atoms with Gasteiger partial charge in [0, 0.05) is 5.56 Å². The Bertz CT molecular complexity index is 862. The summed E-state index contributed by atoms with van der Waals surface area (Å²) in [5.41, 5.74) is -0.170. The van der Waals surface area contributed by atoms with Crippen molar-refractivity contribution in [2.45, 2.75) is 0 Å². The molecular weight excluding hydrogens is 287 g/mol. The van der Waals surface area contributed by atoms with Crippen LogP contribution >= 0.6 is 11.3 Å². The van der Waals surface area contributed by atoms with E-state index in [0.29, 0.717) is 11.6 Å². The lowest BCUT2D eigenvalue weighted by Crippen LogP contribution is -2.08. The van der Waals surface area contributed by atoms with Crippen LogP contribution in [0.1, 0.15) is 0 Å². The summed E-state index contributed by atoms with van der Waals surface area (Å²) >= 11 is 0.811. The van der Waals surface area contributed by atoms with Crippen LogP contribution in [0.3, 0.4) is 0 Å². The molecule has 0 atom stereocenters. The number of hydrogen-bond donors (Lipinski definition) is 0. The van der Waals surface area contributed by atoms with Crippen LogP contribution in [0.15, 0.2) is 41.2 Å². The number of nitrogens with zero attached hydrogens (tertiary/aromatic N) is 1. The highest BCUT2D eigenvalue weighted by Crippen LogP contribution is 2.29. The second-order valence-corrected chi connectivity index (χ2v) is 5.05. The fourth-order valence-electron chi connectivity index (χ4n) is 1.81. The van der Waals surface area contributed by atoms with Crippen LogP contribution in [-0.4, -0.2) is 4.98 Å². The van der Waals surface area contributed by atoms with E-state index in [9.17, 15) is 18.0 Å². The molecule has 0 saturated heterocycles. The molecule has 0 unspecified atom stereocenters. The molecule has 3 rings (SSSR count). The Kier molecular flexibility index (Phi) is 3.02. The van der Waals surface area contributed by atoms with E-state index in [0.717, 1.165) is 11.3 Å². The molecule has 0 aliphatic rings. The van der Waals surface area contributed by atoms with Gasteiger partial charge in [-0.2, -0.15) is 4.98 Å². The Morgan fingerprint density at radius 2 is 1.70 bits per heavy atom. The number of hydrogen-bond acceptors (Lipinski definition) is 3. The Morgan fingerprint density at radius 1 is 1.00 bits per heavy atom. The second-order valence-electron chi connectivity index (χ2n) is 4.05. The first-order valence-electron chi connectivity index (χ1n) is 5.61. The molecule has 0 amide bonds. The molecule has 2 aromatic carbocycles. The largest absolute Gasteiger partial charge is 0.280 e. The summed E-state index contributed by atoms with van der Waals surface area (Å²) in [5.74, 6) is -4.34. The van der Waals surface area contributed by atoms with Gasteiger partial charge < -0.3 is 0 Å². The average Bonchev–Trinajstić information content (AvgIpc) is 2.47. The monoisotopic (exact) mass is 293 g/mol. The number of benzene rings is 2. The summed E-state index contributed by atoms with van der Waals surface area (Å²) in [6.45, 7) is 0. The van der Waals surface area contributed by atoms with Crippen LogP contribution < -0.4 is 5.56 Å². The van der Waals surface area contributed by atoms with Gasteiger partial charge in [0.15, 0.2) is 17.5 Å². The zero-order chi connectivity index (χ0) is 14.3. The number of fused-ring (bicyclic) bond motifs is 1. The first-order chi connectivity index (χ1) is 9.58. The van der Waals surface area contributed by atoms with Gasteiger partial charge in [-0.1, -0.05) is 30.3 Å². The molecule has 2 nitrogen and oxygen atoms in total. The topological polar surface area (TPSA) is 30.0 Å². The van der Waals surface area contributed by atoms with E-state index in [1.54, 1.807) is 30.3 Å². The molecule has 0 radical (unpaired) electrons. The lowest BCUT2D eigenvalue weighted by atomic mass is 10.2. The van der Waals surface area contributed by atoms with Crippen LogP contribution in [0.4, 0.5) is 13.2 Å². The molecule has 0 aliphatic heterocycles. The molecule has 100 valence electrons. The molecule has 0 spiro atoms. The van der Waals surface area contributed by atoms with Crippen molar-refractivity contribution >= 4 is 21.4 Å². The van der Waals surface area contributed by atoms with Gasteiger partial charge in [0.25, 0.3) is 5.56 Å². The first-order valence-corrected chi connectivity index (χ1v) is 6.43. The summed E-state index contributed by atoms with van der Waals surface area (Å²) in [6, 6.07) is 9.32. The average molecular weight is 293 g/mol. The van der Waals surface area contributed by atoms with Gasteiger partial charge in [-0.15, -0.1) is 11.3 Å². The van der Waals surface area contributed by atoms with Gasteiger partial charge in [0.05, 0.1) is 10.1 Å². The summed E-state index contributed by atoms with van der Waals surface area (Å²) in [6.07, 6.45) is 0. The summed E-state index contributed by atoms with van der Waals surface area (Å²) < 4.78 is 39.9. The van der Waals surface area contributed by atoms with Crippen LogP contribution in [0.5, 0.6) is 0 Å². The van der Waals surface area contributed by atoms with Crippen molar-refractivity contribution in [3.63, 3.8) is 0 Å². The molecule has 0 fully saturated rings. The van der Waals surface area contributed by atoms with Crippen LogP contribution in [0.2, 0.25) is 0 Å². The Labute approximate surface area is 115 Å².